The average Bonchev–Trinajstić information content (AvgIpc) is 2.55. The van der Waals surface area contributed by atoms with Crippen LogP contribution >= 0.6 is 0 Å². The van der Waals surface area contributed by atoms with E-state index in [1.54, 1.807) is 24.3 Å². The molecule has 0 unspecified atom stereocenters. The normalized spacial score (nSPS) is 10.9. The van der Waals surface area contributed by atoms with Gasteiger partial charge in [0, 0.05) is 22.7 Å². The molecule has 3 aromatic rings. The number of anilines is 1. The number of fused-ring (bicyclic) bond motifs is 1. The Morgan fingerprint density at radius 1 is 1.00 bits per heavy atom. The first-order valence-corrected chi connectivity index (χ1v) is 7.48. The molecule has 1 amide bonds. The van der Waals surface area contributed by atoms with Gasteiger partial charge in [0.05, 0.1) is 0 Å². The number of carbonyl (C=O) groups excluding carboxylic acids is 1. The van der Waals surface area contributed by atoms with E-state index in [-0.39, 0.29) is 11.5 Å². The van der Waals surface area contributed by atoms with Gasteiger partial charge >= 0.3 is 5.63 Å². The van der Waals surface area contributed by atoms with Crippen molar-refractivity contribution in [3.8, 4) is 0 Å². The third-order valence-electron chi connectivity index (χ3n) is 3.72. The molecule has 4 heteroatoms. The molecule has 1 N–H and O–H groups in total. The van der Waals surface area contributed by atoms with Crippen LogP contribution in [0.25, 0.3) is 11.0 Å². The largest absolute Gasteiger partial charge is 0.423 e. The number of carbonyl (C=O) groups is 1. The van der Waals surface area contributed by atoms with Crippen LogP contribution in [0.5, 0.6) is 0 Å². The SMILES string of the molecule is CC(C)c1ccc(C(=O)Nc2ccc3oc(=O)ccc3c2)cc1. The van der Waals surface area contributed by atoms with Crippen LogP contribution in [0.1, 0.15) is 35.7 Å². The van der Waals surface area contributed by atoms with E-state index >= 15 is 0 Å². The molecule has 0 aliphatic rings. The van der Waals surface area contributed by atoms with Gasteiger partial charge in [-0.25, -0.2) is 4.79 Å². The third kappa shape index (κ3) is 3.31. The highest BCUT2D eigenvalue weighted by Crippen LogP contribution is 2.19. The van der Waals surface area contributed by atoms with Crippen LogP contribution in [0.2, 0.25) is 0 Å². The summed E-state index contributed by atoms with van der Waals surface area (Å²) in [5, 5.41) is 3.62. The minimum atomic E-state index is -0.389. The topological polar surface area (TPSA) is 59.3 Å². The number of rotatable bonds is 3. The summed E-state index contributed by atoms with van der Waals surface area (Å²) >= 11 is 0. The lowest BCUT2D eigenvalue weighted by molar-refractivity contribution is 0.102. The van der Waals surface area contributed by atoms with Gasteiger partial charge in [0.15, 0.2) is 0 Å². The Bertz CT molecular complexity index is 908. The molecule has 2 aromatic carbocycles. The summed E-state index contributed by atoms with van der Waals surface area (Å²) in [6.07, 6.45) is 0. The fraction of sp³-hybridized carbons (Fsp3) is 0.158. The van der Waals surface area contributed by atoms with Gasteiger partial charge in [0.2, 0.25) is 0 Å². The van der Waals surface area contributed by atoms with E-state index in [0.717, 1.165) is 5.39 Å². The van der Waals surface area contributed by atoms with Crippen molar-refractivity contribution in [2.75, 3.05) is 5.32 Å². The monoisotopic (exact) mass is 307 g/mol. The van der Waals surface area contributed by atoms with E-state index < -0.39 is 0 Å². The summed E-state index contributed by atoms with van der Waals surface area (Å²) < 4.78 is 5.07. The summed E-state index contributed by atoms with van der Waals surface area (Å²) in [4.78, 5) is 23.5. The highest BCUT2D eigenvalue weighted by Gasteiger charge is 2.08. The van der Waals surface area contributed by atoms with Crippen LogP contribution < -0.4 is 10.9 Å². The molecule has 0 aliphatic heterocycles. The Hall–Kier alpha value is -2.88. The van der Waals surface area contributed by atoms with Gasteiger partial charge in [-0.3, -0.25) is 4.79 Å². The number of amides is 1. The van der Waals surface area contributed by atoms with Gasteiger partial charge < -0.3 is 9.73 Å². The average molecular weight is 307 g/mol. The van der Waals surface area contributed by atoms with E-state index in [2.05, 4.69) is 19.2 Å². The van der Waals surface area contributed by atoms with Gasteiger partial charge in [-0.1, -0.05) is 26.0 Å². The summed E-state index contributed by atoms with van der Waals surface area (Å²) in [6, 6.07) is 15.8. The van der Waals surface area contributed by atoms with Crippen molar-refractivity contribution < 1.29 is 9.21 Å². The Balaban J connectivity index is 1.82. The van der Waals surface area contributed by atoms with Crippen molar-refractivity contribution in [1.82, 2.24) is 0 Å². The van der Waals surface area contributed by atoms with E-state index in [0.29, 0.717) is 22.8 Å². The summed E-state index contributed by atoms with van der Waals surface area (Å²) in [6.45, 7) is 4.23. The molecular formula is C19H17NO3. The Morgan fingerprint density at radius 3 is 2.43 bits per heavy atom. The van der Waals surface area contributed by atoms with Crippen LogP contribution in [0.3, 0.4) is 0 Å². The number of benzene rings is 2. The fourth-order valence-electron chi connectivity index (χ4n) is 2.37. The lowest BCUT2D eigenvalue weighted by Gasteiger charge is -2.08. The van der Waals surface area contributed by atoms with Gasteiger partial charge in [-0.15, -0.1) is 0 Å². The molecule has 0 fully saturated rings. The molecule has 0 radical (unpaired) electrons. The zero-order chi connectivity index (χ0) is 16.4. The van der Waals surface area contributed by atoms with E-state index in [4.69, 9.17) is 4.42 Å². The second-order valence-electron chi connectivity index (χ2n) is 5.74. The highest BCUT2D eigenvalue weighted by molar-refractivity contribution is 6.05. The van der Waals surface area contributed by atoms with Gasteiger partial charge in [-0.05, 0) is 47.9 Å². The molecule has 0 aliphatic carbocycles. The quantitative estimate of drug-likeness (QED) is 0.739. The van der Waals surface area contributed by atoms with Gasteiger partial charge in [0.1, 0.15) is 5.58 Å². The predicted molar refractivity (Wildman–Crippen MR) is 91.0 cm³/mol. The Morgan fingerprint density at radius 2 is 1.74 bits per heavy atom. The van der Waals surface area contributed by atoms with Crippen LogP contribution in [-0.4, -0.2) is 5.91 Å². The summed E-state index contributed by atoms with van der Waals surface area (Å²) in [7, 11) is 0. The lowest BCUT2D eigenvalue weighted by Crippen LogP contribution is -2.11. The van der Waals surface area contributed by atoms with Crippen molar-refractivity contribution in [1.29, 1.82) is 0 Å². The Labute approximate surface area is 133 Å². The molecule has 23 heavy (non-hydrogen) atoms. The molecule has 0 saturated carbocycles. The second-order valence-corrected chi connectivity index (χ2v) is 5.74. The molecular weight excluding hydrogens is 290 g/mol. The minimum Gasteiger partial charge on any atom is -0.423 e. The number of hydrogen-bond donors (Lipinski definition) is 1. The molecule has 0 atom stereocenters. The first-order chi connectivity index (χ1) is 11.0. The third-order valence-corrected chi connectivity index (χ3v) is 3.72. The maximum Gasteiger partial charge on any atom is 0.336 e. The van der Waals surface area contributed by atoms with Gasteiger partial charge in [-0.2, -0.15) is 0 Å². The van der Waals surface area contributed by atoms with E-state index in [9.17, 15) is 9.59 Å². The maximum atomic E-state index is 12.3. The zero-order valence-electron chi connectivity index (χ0n) is 13.0. The minimum absolute atomic E-state index is 0.169. The molecule has 0 bridgehead atoms. The van der Waals surface area contributed by atoms with E-state index in [1.165, 1.54) is 11.6 Å². The Kier molecular flexibility index (Phi) is 3.98. The highest BCUT2D eigenvalue weighted by atomic mass is 16.4. The number of nitrogens with one attached hydrogen (secondary N) is 1. The molecule has 1 heterocycles. The van der Waals surface area contributed by atoms with Crippen LogP contribution in [-0.2, 0) is 0 Å². The van der Waals surface area contributed by atoms with Crippen molar-refractivity contribution in [3.05, 3.63) is 76.1 Å². The van der Waals surface area contributed by atoms with Crippen molar-refractivity contribution in [3.63, 3.8) is 0 Å². The maximum absolute atomic E-state index is 12.3. The molecule has 116 valence electrons. The number of hydrogen-bond acceptors (Lipinski definition) is 3. The van der Waals surface area contributed by atoms with Crippen molar-refractivity contribution >= 4 is 22.6 Å². The fourth-order valence-corrected chi connectivity index (χ4v) is 2.37. The molecule has 0 saturated heterocycles. The first-order valence-electron chi connectivity index (χ1n) is 7.48. The van der Waals surface area contributed by atoms with Gasteiger partial charge in [0.25, 0.3) is 5.91 Å². The smallest absolute Gasteiger partial charge is 0.336 e. The first kappa shape index (κ1) is 15.0. The van der Waals surface area contributed by atoms with Crippen LogP contribution in [0, 0.1) is 0 Å². The predicted octanol–water partition coefficient (Wildman–Crippen LogP) is 4.17. The molecule has 0 spiro atoms. The molecule has 1 aromatic heterocycles. The zero-order valence-corrected chi connectivity index (χ0v) is 13.0. The molecule has 3 rings (SSSR count). The summed E-state index contributed by atoms with van der Waals surface area (Å²) in [5.41, 5.74) is 2.57. The van der Waals surface area contributed by atoms with E-state index in [1.807, 2.05) is 24.3 Å². The summed E-state index contributed by atoms with van der Waals surface area (Å²) in [5.74, 6) is 0.263. The second kappa shape index (κ2) is 6.08. The standard InChI is InChI=1S/C19H17NO3/c1-12(2)13-3-5-14(6-4-13)19(22)20-16-8-9-17-15(11-16)7-10-18(21)23-17/h3-12H,1-2H3,(H,20,22). The van der Waals surface area contributed by atoms with Crippen molar-refractivity contribution in [2.45, 2.75) is 19.8 Å². The lowest BCUT2D eigenvalue weighted by atomic mass is 10.0. The van der Waals surface area contributed by atoms with Crippen molar-refractivity contribution in [2.24, 2.45) is 0 Å². The molecule has 4 nitrogen and oxygen atoms in total. The van der Waals surface area contributed by atoms with Crippen LogP contribution in [0.15, 0.2) is 63.8 Å². The van der Waals surface area contributed by atoms with Crippen LogP contribution in [0.4, 0.5) is 5.69 Å².